The summed E-state index contributed by atoms with van der Waals surface area (Å²) in [7, 11) is 0. The Morgan fingerprint density at radius 1 is 1.23 bits per heavy atom. The summed E-state index contributed by atoms with van der Waals surface area (Å²) >= 11 is 2.35. The molecule has 1 amide bonds. The summed E-state index contributed by atoms with van der Waals surface area (Å²) in [6.45, 7) is 8.91. The lowest BCUT2D eigenvalue weighted by molar-refractivity contribution is -0.191. The molecular formula is C22H32INO6. The number of amides is 1. The monoisotopic (exact) mass is 533 g/mol. The van der Waals surface area contributed by atoms with Gasteiger partial charge in [-0.15, -0.1) is 0 Å². The Morgan fingerprint density at radius 2 is 1.77 bits per heavy atom. The van der Waals surface area contributed by atoms with Gasteiger partial charge >= 0.3 is 18.2 Å². The van der Waals surface area contributed by atoms with Gasteiger partial charge in [0.2, 0.25) is 0 Å². The highest BCUT2D eigenvalue weighted by Gasteiger charge is 2.41. The van der Waals surface area contributed by atoms with E-state index in [1.165, 1.54) is 10.8 Å². The quantitative estimate of drug-likeness (QED) is 0.442. The van der Waals surface area contributed by atoms with Gasteiger partial charge < -0.3 is 14.7 Å². The van der Waals surface area contributed by atoms with Gasteiger partial charge in [-0.1, -0.05) is 80.6 Å². The second kappa shape index (κ2) is 15.0. The molecule has 1 aliphatic rings. The van der Waals surface area contributed by atoms with Gasteiger partial charge in [-0.2, -0.15) is 9.59 Å². The zero-order valence-corrected chi connectivity index (χ0v) is 20.3. The van der Waals surface area contributed by atoms with Crippen LogP contribution in [0.15, 0.2) is 30.3 Å². The molecule has 0 aliphatic carbocycles. The second-order valence-corrected chi connectivity index (χ2v) is 9.03. The third-order valence-corrected chi connectivity index (χ3v) is 5.66. The van der Waals surface area contributed by atoms with Crippen molar-refractivity contribution in [2.45, 2.75) is 59.6 Å². The molecule has 0 radical (unpaired) electrons. The molecule has 1 saturated heterocycles. The summed E-state index contributed by atoms with van der Waals surface area (Å²) in [5, 5.41) is 9.26. The molecule has 8 heteroatoms. The Bertz CT molecular complexity index is 666. The van der Waals surface area contributed by atoms with Crippen LogP contribution >= 0.6 is 22.6 Å². The lowest BCUT2D eigenvalue weighted by atomic mass is 9.77. The van der Waals surface area contributed by atoms with Crippen LogP contribution in [0.25, 0.3) is 0 Å². The van der Waals surface area contributed by atoms with E-state index in [0.29, 0.717) is 19.4 Å². The Balaban J connectivity index is 0.00000105. The molecule has 0 bridgehead atoms. The van der Waals surface area contributed by atoms with Crippen molar-refractivity contribution in [3.63, 3.8) is 0 Å². The van der Waals surface area contributed by atoms with Crippen LogP contribution in [0.5, 0.6) is 0 Å². The van der Waals surface area contributed by atoms with Gasteiger partial charge in [0.25, 0.3) is 0 Å². The highest BCUT2D eigenvalue weighted by Crippen LogP contribution is 2.35. The SMILES string of the molecule is CC(C)(C)C1CC(C(=O)O)CCN1C(=O)OCc1ccccc1.CCCI.O=C=O. The van der Waals surface area contributed by atoms with E-state index in [1.807, 2.05) is 51.1 Å². The van der Waals surface area contributed by atoms with Crippen molar-refractivity contribution in [1.29, 1.82) is 0 Å². The molecule has 1 fully saturated rings. The number of benzene rings is 1. The molecule has 1 N–H and O–H groups in total. The fraction of sp³-hybridized carbons (Fsp3) is 0.591. The minimum absolute atomic E-state index is 0.138. The molecule has 30 heavy (non-hydrogen) atoms. The molecule has 1 aromatic rings. The molecular weight excluding hydrogens is 501 g/mol. The second-order valence-electron chi connectivity index (χ2n) is 7.95. The minimum atomic E-state index is -0.781. The molecule has 1 aromatic carbocycles. The van der Waals surface area contributed by atoms with Crippen LogP contribution in [0.4, 0.5) is 4.79 Å². The zero-order chi connectivity index (χ0) is 23.2. The summed E-state index contributed by atoms with van der Waals surface area (Å²) in [6.07, 6.45) is 2.14. The summed E-state index contributed by atoms with van der Waals surface area (Å²) in [4.78, 5) is 41.7. The van der Waals surface area contributed by atoms with E-state index < -0.39 is 11.9 Å². The summed E-state index contributed by atoms with van der Waals surface area (Å²) in [5.41, 5.74) is 0.744. The first-order chi connectivity index (χ1) is 14.1. The van der Waals surface area contributed by atoms with Crippen molar-refractivity contribution in [1.82, 2.24) is 4.90 Å². The number of halogens is 1. The van der Waals surface area contributed by atoms with Gasteiger partial charge in [0.15, 0.2) is 0 Å². The Hall–Kier alpha value is -1.93. The van der Waals surface area contributed by atoms with Crippen LogP contribution in [-0.2, 0) is 25.7 Å². The number of carbonyl (C=O) groups excluding carboxylic acids is 3. The van der Waals surface area contributed by atoms with Gasteiger partial charge in [-0.3, -0.25) is 4.79 Å². The fourth-order valence-corrected chi connectivity index (χ4v) is 3.03. The van der Waals surface area contributed by atoms with Gasteiger partial charge in [0.1, 0.15) is 6.61 Å². The Labute approximate surface area is 192 Å². The standard InChI is InChI=1S/C18H25NO4.C3H7I.CO2/c1-18(2,3)15-11-14(16(20)21)9-10-19(15)17(22)23-12-13-7-5-4-6-8-13;1-2-3-4;2-1-3/h4-8,14-15H,9-12H2,1-3H3,(H,20,21);2-3H2,1H3;. The lowest BCUT2D eigenvalue weighted by Crippen LogP contribution is -2.53. The Morgan fingerprint density at radius 3 is 2.20 bits per heavy atom. The number of hydrogen-bond donors (Lipinski definition) is 1. The maximum absolute atomic E-state index is 12.5. The summed E-state index contributed by atoms with van der Waals surface area (Å²) < 4.78 is 6.72. The number of nitrogens with zero attached hydrogens (tertiary/aromatic N) is 1. The highest BCUT2D eigenvalue weighted by atomic mass is 127. The molecule has 1 heterocycles. The van der Waals surface area contributed by atoms with Crippen molar-refractivity contribution >= 4 is 40.8 Å². The molecule has 0 saturated carbocycles. The van der Waals surface area contributed by atoms with Crippen molar-refractivity contribution in [2.24, 2.45) is 11.3 Å². The number of ether oxygens (including phenoxy) is 1. The fourth-order valence-electron chi connectivity index (χ4n) is 3.03. The van der Waals surface area contributed by atoms with E-state index in [2.05, 4.69) is 29.5 Å². The number of carboxylic acid groups (broad SMARTS) is 1. The van der Waals surface area contributed by atoms with Crippen LogP contribution in [0, 0.1) is 11.3 Å². The van der Waals surface area contributed by atoms with Crippen LogP contribution < -0.4 is 0 Å². The Kier molecular flexibility index (Phi) is 14.0. The third kappa shape index (κ3) is 10.7. The first-order valence-corrected chi connectivity index (χ1v) is 11.4. The molecule has 2 rings (SSSR count). The normalized spacial score (nSPS) is 18.0. The number of piperidine rings is 1. The molecule has 0 spiro atoms. The van der Waals surface area contributed by atoms with Gasteiger partial charge in [-0.05, 0) is 34.7 Å². The molecule has 2 unspecified atom stereocenters. The molecule has 0 aromatic heterocycles. The minimum Gasteiger partial charge on any atom is -0.481 e. The van der Waals surface area contributed by atoms with E-state index in [1.54, 1.807) is 4.90 Å². The molecule has 2 atom stereocenters. The predicted molar refractivity (Wildman–Crippen MR) is 121 cm³/mol. The van der Waals surface area contributed by atoms with Gasteiger partial charge in [-0.25, -0.2) is 4.79 Å². The van der Waals surface area contributed by atoms with Crippen LogP contribution in [0.1, 0.15) is 52.5 Å². The predicted octanol–water partition coefficient (Wildman–Crippen LogP) is 4.78. The number of likely N-dealkylation sites (tertiary alicyclic amines) is 1. The van der Waals surface area contributed by atoms with Crippen LogP contribution in [0.3, 0.4) is 0 Å². The molecule has 7 nitrogen and oxygen atoms in total. The average molecular weight is 533 g/mol. The number of carboxylic acids is 1. The maximum Gasteiger partial charge on any atom is 0.410 e. The van der Waals surface area contributed by atoms with Crippen LogP contribution in [0.2, 0.25) is 0 Å². The van der Waals surface area contributed by atoms with Crippen molar-refractivity contribution in [2.75, 3.05) is 11.0 Å². The van der Waals surface area contributed by atoms with Crippen molar-refractivity contribution < 1.29 is 29.0 Å². The average Bonchev–Trinajstić information content (AvgIpc) is 2.72. The van der Waals surface area contributed by atoms with Crippen molar-refractivity contribution in [3.8, 4) is 0 Å². The van der Waals surface area contributed by atoms with Crippen LogP contribution in [-0.4, -0.2) is 45.2 Å². The highest BCUT2D eigenvalue weighted by molar-refractivity contribution is 14.1. The maximum atomic E-state index is 12.5. The number of alkyl halides is 1. The van der Waals surface area contributed by atoms with E-state index in [9.17, 15) is 14.7 Å². The summed E-state index contributed by atoms with van der Waals surface area (Å²) in [6, 6.07) is 9.40. The third-order valence-electron chi connectivity index (χ3n) is 4.58. The van der Waals surface area contributed by atoms with Gasteiger partial charge in [0.05, 0.1) is 5.92 Å². The molecule has 168 valence electrons. The first-order valence-electron chi connectivity index (χ1n) is 9.87. The smallest absolute Gasteiger partial charge is 0.410 e. The number of carbonyl (C=O) groups is 2. The van der Waals surface area contributed by atoms with Crippen molar-refractivity contribution in [3.05, 3.63) is 35.9 Å². The van der Waals surface area contributed by atoms with E-state index in [-0.39, 0.29) is 30.3 Å². The van der Waals surface area contributed by atoms with E-state index >= 15 is 0 Å². The van der Waals surface area contributed by atoms with Gasteiger partial charge in [0, 0.05) is 12.6 Å². The van der Waals surface area contributed by atoms with E-state index in [4.69, 9.17) is 14.3 Å². The number of aliphatic carboxylic acids is 1. The first kappa shape index (κ1) is 28.1. The number of hydrogen-bond acceptors (Lipinski definition) is 5. The molecule has 1 aliphatic heterocycles. The topological polar surface area (TPSA) is 101 Å². The lowest BCUT2D eigenvalue weighted by Gasteiger charge is -2.44. The zero-order valence-electron chi connectivity index (χ0n) is 18.1. The largest absolute Gasteiger partial charge is 0.481 e. The summed E-state index contributed by atoms with van der Waals surface area (Å²) in [5.74, 6) is -1.17. The van der Waals surface area contributed by atoms with E-state index in [0.717, 1.165) is 5.56 Å². The number of rotatable bonds is 4.